The quantitative estimate of drug-likeness (QED) is 0.660. The molecule has 0 saturated heterocycles. The Morgan fingerprint density at radius 3 is 2.76 bits per heavy atom. The zero-order chi connectivity index (χ0) is 15.1. The van der Waals surface area contributed by atoms with Crippen LogP contribution in [0.5, 0.6) is 0 Å². The summed E-state index contributed by atoms with van der Waals surface area (Å²) in [5.74, 6) is 0.771. The fourth-order valence-corrected chi connectivity index (χ4v) is 3.48. The first-order chi connectivity index (χ1) is 10.0. The van der Waals surface area contributed by atoms with Crippen molar-refractivity contribution in [3.63, 3.8) is 0 Å². The number of aromatic nitrogens is 3. The first-order valence-electron chi connectivity index (χ1n) is 6.66. The van der Waals surface area contributed by atoms with Crippen LogP contribution >= 0.6 is 22.9 Å². The Kier molecular flexibility index (Phi) is 3.71. The van der Waals surface area contributed by atoms with Crippen LogP contribution in [-0.2, 0) is 5.88 Å². The van der Waals surface area contributed by atoms with E-state index in [1.54, 1.807) is 18.3 Å². The summed E-state index contributed by atoms with van der Waals surface area (Å²) >= 11 is 7.68. The molecule has 3 rings (SSSR count). The highest BCUT2D eigenvalue weighted by molar-refractivity contribution is 7.11. The van der Waals surface area contributed by atoms with Gasteiger partial charge in [0.05, 0.1) is 23.0 Å². The van der Waals surface area contributed by atoms with Crippen LogP contribution in [0.25, 0.3) is 11.0 Å². The van der Waals surface area contributed by atoms with Crippen LogP contribution in [0.3, 0.4) is 0 Å². The molecule has 6 heteroatoms. The van der Waals surface area contributed by atoms with E-state index in [0.717, 1.165) is 21.2 Å². The summed E-state index contributed by atoms with van der Waals surface area (Å²) in [6, 6.07) is 3.31. The largest absolute Gasteiger partial charge is 0.317 e. The van der Waals surface area contributed by atoms with Gasteiger partial charge in [0.15, 0.2) is 0 Å². The fraction of sp³-hybridized carbons (Fsp3) is 0.333. The molecule has 1 aromatic carbocycles. The van der Waals surface area contributed by atoms with Gasteiger partial charge in [-0.3, -0.25) is 0 Å². The van der Waals surface area contributed by atoms with Gasteiger partial charge >= 0.3 is 0 Å². The van der Waals surface area contributed by atoms with Gasteiger partial charge in [-0.25, -0.2) is 14.4 Å². The lowest BCUT2D eigenvalue weighted by atomic mass is 10.2. The summed E-state index contributed by atoms with van der Waals surface area (Å²) in [5.41, 5.74) is 2.13. The van der Waals surface area contributed by atoms with Crippen molar-refractivity contribution in [3.8, 4) is 0 Å². The zero-order valence-electron chi connectivity index (χ0n) is 12.0. The zero-order valence-corrected chi connectivity index (χ0v) is 13.6. The number of aryl methyl sites for hydroxylation is 2. The lowest BCUT2D eigenvalue weighted by Crippen LogP contribution is -2.09. The van der Waals surface area contributed by atoms with Crippen LogP contribution in [0.2, 0.25) is 0 Å². The van der Waals surface area contributed by atoms with Crippen molar-refractivity contribution in [3.05, 3.63) is 45.4 Å². The van der Waals surface area contributed by atoms with Crippen molar-refractivity contribution in [2.24, 2.45) is 0 Å². The number of nitrogens with zero attached hydrogens (tertiary/aromatic N) is 3. The SMILES string of the molecule is Cc1cnc(C(C)n2c(CCl)nc3cc(F)c(C)cc32)s1. The van der Waals surface area contributed by atoms with Crippen molar-refractivity contribution in [2.45, 2.75) is 32.7 Å². The average molecular weight is 324 g/mol. The highest BCUT2D eigenvalue weighted by Gasteiger charge is 2.20. The molecule has 2 aromatic heterocycles. The second-order valence-corrected chi connectivity index (χ2v) is 6.64. The molecule has 0 aliphatic heterocycles. The van der Waals surface area contributed by atoms with Crippen LogP contribution in [-0.4, -0.2) is 14.5 Å². The second kappa shape index (κ2) is 5.39. The van der Waals surface area contributed by atoms with Crippen molar-refractivity contribution in [2.75, 3.05) is 0 Å². The summed E-state index contributed by atoms with van der Waals surface area (Å²) in [6.45, 7) is 5.85. The molecular weight excluding hydrogens is 309 g/mol. The van der Waals surface area contributed by atoms with Gasteiger partial charge in [-0.1, -0.05) is 0 Å². The van der Waals surface area contributed by atoms with Crippen molar-refractivity contribution >= 4 is 34.0 Å². The van der Waals surface area contributed by atoms with E-state index in [0.29, 0.717) is 11.1 Å². The van der Waals surface area contributed by atoms with Gasteiger partial charge in [-0.2, -0.15) is 0 Å². The molecule has 1 atom stereocenters. The smallest absolute Gasteiger partial charge is 0.128 e. The molecule has 0 aliphatic carbocycles. The minimum atomic E-state index is -0.244. The molecule has 3 nitrogen and oxygen atoms in total. The first kappa shape index (κ1) is 14.5. The second-order valence-electron chi connectivity index (χ2n) is 5.11. The van der Waals surface area contributed by atoms with Gasteiger partial charge < -0.3 is 4.57 Å². The number of halogens is 2. The molecule has 0 fully saturated rings. The minimum absolute atomic E-state index is 0.0207. The topological polar surface area (TPSA) is 30.7 Å². The number of rotatable bonds is 3. The van der Waals surface area contributed by atoms with E-state index in [1.807, 2.05) is 23.8 Å². The Labute approximate surface area is 131 Å². The number of thiazole rings is 1. The first-order valence-corrected chi connectivity index (χ1v) is 8.01. The van der Waals surface area contributed by atoms with Crippen LogP contribution in [0.1, 0.15) is 34.2 Å². The number of fused-ring (bicyclic) bond motifs is 1. The van der Waals surface area contributed by atoms with Crippen molar-refractivity contribution in [1.29, 1.82) is 0 Å². The summed E-state index contributed by atoms with van der Waals surface area (Å²) < 4.78 is 15.8. The third kappa shape index (κ3) is 2.45. The summed E-state index contributed by atoms with van der Waals surface area (Å²) in [5, 5.41) is 1.00. The molecule has 0 aliphatic rings. The normalized spacial score (nSPS) is 13.0. The van der Waals surface area contributed by atoms with Gasteiger partial charge in [-0.05, 0) is 32.4 Å². The fourth-order valence-electron chi connectivity index (χ4n) is 2.47. The third-order valence-corrected chi connectivity index (χ3v) is 4.87. The average Bonchev–Trinajstić information content (AvgIpc) is 3.02. The summed E-state index contributed by atoms with van der Waals surface area (Å²) in [6.07, 6.45) is 1.86. The third-order valence-electron chi connectivity index (χ3n) is 3.55. The molecule has 0 saturated carbocycles. The Hall–Kier alpha value is -1.46. The van der Waals surface area contributed by atoms with E-state index in [1.165, 1.54) is 6.07 Å². The molecule has 0 N–H and O–H groups in total. The monoisotopic (exact) mass is 323 g/mol. The van der Waals surface area contributed by atoms with E-state index in [2.05, 4.69) is 16.9 Å². The van der Waals surface area contributed by atoms with E-state index in [-0.39, 0.29) is 17.7 Å². The molecule has 3 aromatic rings. The maximum Gasteiger partial charge on any atom is 0.128 e. The molecule has 0 bridgehead atoms. The van der Waals surface area contributed by atoms with Gasteiger partial charge in [-0.15, -0.1) is 22.9 Å². The maximum absolute atomic E-state index is 13.7. The van der Waals surface area contributed by atoms with E-state index in [9.17, 15) is 4.39 Å². The van der Waals surface area contributed by atoms with Crippen molar-refractivity contribution < 1.29 is 4.39 Å². The lowest BCUT2D eigenvalue weighted by molar-refractivity contribution is 0.617. The molecule has 1 unspecified atom stereocenters. The lowest BCUT2D eigenvalue weighted by Gasteiger charge is -2.15. The van der Waals surface area contributed by atoms with Crippen molar-refractivity contribution in [1.82, 2.24) is 14.5 Å². The van der Waals surface area contributed by atoms with Gasteiger partial charge in [0.25, 0.3) is 0 Å². The number of alkyl halides is 1. The van der Waals surface area contributed by atoms with Crippen LogP contribution in [0.15, 0.2) is 18.3 Å². The molecule has 110 valence electrons. The standard InChI is InChI=1S/C15H15ClFN3S/c1-8-4-13-12(5-11(8)17)19-14(6-16)20(13)10(3)15-18-7-9(2)21-15/h4-5,7,10H,6H2,1-3H3. The van der Waals surface area contributed by atoms with E-state index >= 15 is 0 Å². The maximum atomic E-state index is 13.7. The van der Waals surface area contributed by atoms with Crippen LogP contribution in [0.4, 0.5) is 4.39 Å². The number of benzene rings is 1. The van der Waals surface area contributed by atoms with Gasteiger partial charge in [0.2, 0.25) is 0 Å². The van der Waals surface area contributed by atoms with Gasteiger partial charge in [0.1, 0.15) is 16.6 Å². The molecular formula is C15H15ClFN3S. The number of imidazole rings is 1. The molecule has 0 spiro atoms. The molecule has 0 radical (unpaired) electrons. The predicted octanol–water partition coefficient (Wildman–Crippen LogP) is 4.60. The Morgan fingerprint density at radius 1 is 1.38 bits per heavy atom. The Bertz CT molecular complexity index is 809. The summed E-state index contributed by atoms with van der Waals surface area (Å²) in [4.78, 5) is 10.1. The number of hydrogen-bond acceptors (Lipinski definition) is 3. The highest BCUT2D eigenvalue weighted by Crippen LogP contribution is 2.30. The van der Waals surface area contributed by atoms with E-state index in [4.69, 9.17) is 11.6 Å². The van der Waals surface area contributed by atoms with Gasteiger partial charge in [0, 0.05) is 17.1 Å². The van der Waals surface area contributed by atoms with Crippen LogP contribution < -0.4 is 0 Å². The van der Waals surface area contributed by atoms with Crippen LogP contribution in [0, 0.1) is 19.7 Å². The molecule has 21 heavy (non-hydrogen) atoms. The molecule has 0 amide bonds. The predicted molar refractivity (Wildman–Crippen MR) is 84.6 cm³/mol. The van der Waals surface area contributed by atoms with E-state index < -0.39 is 0 Å². The Balaban J connectivity index is 2.22. The minimum Gasteiger partial charge on any atom is -0.317 e. The number of hydrogen-bond donors (Lipinski definition) is 0. The summed E-state index contributed by atoms with van der Waals surface area (Å²) in [7, 11) is 0. The Morgan fingerprint density at radius 2 is 2.14 bits per heavy atom. The highest BCUT2D eigenvalue weighted by atomic mass is 35.5. The molecule has 2 heterocycles.